The van der Waals surface area contributed by atoms with Gasteiger partial charge in [0.15, 0.2) is 0 Å². The second kappa shape index (κ2) is 15.0. The minimum Gasteiger partial charge on any atom is -0.310 e. The number of rotatable bonds is 7. The molecule has 3 aliphatic carbocycles. The Bertz CT molecular complexity index is 3570. The molecule has 0 bridgehead atoms. The van der Waals surface area contributed by atoms with E-state index in [9.17, 15) is 0 Å². The van der Waals surface area contributed by atoms with Crippen molar-refractivity contribution in [1.29, 1.82) is 0 Å². The lowest BCUT2D eigenvalue weighted by Crippen LogP contribution is -2.28. The molecule has 1 nitrogen and oxygen atoms in total. The third-order valence-electron chi connectivity index (χ3n) is 15.7. The van der Waals surface area contributed by atoms with Crippen LogP contribution in [0.15, 0.2) is 237 Å². The van der Waals surface area contributed by atoms with Gasteiger partial charge in [-0.05, 0) is 131 Å². The SMILES string of the molecule is CC1(C)c2ccccc2-c2c1cc1c(c2-c2ccc(N(c3cccc(C4(c5ccccc5)c5ccccc5-c5ccccc54)c3)c3ccccc3-c3ccccc3)cc2)C(C)(C)c2ccccc2-1. The maximum atomic E-state index is 2.54. The van der Waals surface area contributed by atoms with Crippen LogP contribution >= 0.6 is 0 Å². The van der Waals surface area contributed by atoms with E-state index in [1.165, 1.54) is 100 Å². The minimum absolute atomic E-state index is 0.141. The second-order valence-electron chi connectivity index (χ2n) is 20.0. The van der Waals surface area contributed by atoms with E-state index in [2.05, 4.69) is 269 Å². The van der Waals surface area contributed by atoms with Gasteiger partial charge in [0.05, 0.1) is 11.1 Å². The van der Waals surface area contributed by atoms with Crippen LogP contribution in [0.2, 0.25) is 0 Å². The molecule has 0 N–H and O–H groups in total. The van der Waals surface area contributed by atoms with Crippen LogP contribution in [0.1, 0.15) is 72.2 Å². The Morgan fingerprint density at radius 2 is 0.794 bits per heavy atom. The molecule has 0 saturated heterocycles. The molecule has 0 aliphatic heterocycles. The fourth-order valence-corrected chi connectivity index (χ4v) is 12.7. The Hall–Kier alpha value is -8.00. The van der Waals surface area contributed by atoms with E-state index in [-0.39, 0.29) is 10.8 Å². The van der Waals surface area contributed by atoms with Crippen molar-refractivity contribution in [1.82, 2.24) is 0 Å². The summed E-state index contributed by atoms with van der Waals surface area (Å²) in [6.07, 6.45) is 0. The van der Waals surface area contributed by atoms with Crippen molar-refractivity contribution in [3.8, 4) is 55.6 Å². The van der Waals surface area contributed by atoms with Gasteiger partial charge in [0.2, 0.25) is 0 Å². The van der Waals surface area contributed by atoms with E-state index in [1.807, 2.05) is 0 Å². The molecule has 0 amide bonds. The first-order valence-electron chi connectivity index (χ1n) is 24.1. The highest BCUT2D eigenvalue weighted by atomic mass is 15.1. The zero-order valence-electron chi connectivity index (χ0n) is 39.0. The molecule has 0 unspecified atom stereocenters. The predicted octanol–water partition coefficient (Wildman–Crippen LogP) is 17.5. The summed E-state index contributed by atoms with van der Waals surface area (Å²) in [6.45, 7) is 9.66. The van der Waals surface area contributed by atoms with Crippen LogP contribution in [0.5, 0.6) is 0 Å². The third-order valence-corrected chi connectivity index (χ3v) is 15.7. The second-order valence-corrected chi connectivity index (χ2v) is 20.0. The number of hydrogen-bond acceptors (Lipinski definition) is 1. The molecule has 0 saturated carbocycles. The smallest absolute Gasteiger partial charge is 0.0714 e. The first-order chi connectivity index (χ1) is 33.3. The van der Waals surface area contributed by atoms with Crippen molar-refractivity contribution in [2.24, 2.45) is 0 Å². The molecule has 10 aromatic carbocycles. The molecule has 0 radical (unpaired) electrons. The van der Waals surface area contributed by atoms with Gasteiger partial charge >= 0.3 is 0 Å². The Morgan fingerprint density at radius 3 is 1.44 bits per heavy atom. The highest BCUT2D eigenvalue weighted by molar-refractivity contribution is 6.01. The fraction of sp³-hybridized carbons (Fsp3) is 0.104. The Balaban J connectivity index is 1.05. The molecular formula is C67H51N. The van der Waals surface area contributed by atoms with Crippen molar-refractivity contribution in [3.05, 3.63) is 281 Å². The van der Waals surface area contributed by atoms with Gasteiger partial charge in [0.25, 0.3) is 0 Å². The van der Waals surface area contributed by atoms with Crippen LogP contribution in [0.25, 0.3) is 55.6 Å². The molecule has 13 rings (SSSR count). The van der Waals surface area contributed by atoms with E-state index < -0.39 is 5.41 Å². The van der Waals surface area contributed by atoms with E-state index >= 15 is 0 Å². The summed E-state index contributed by atoms with van der Waals surface area (Å²) in [5.41, 5.74) is 26.1. The zero-order chi connectivity index (χ0) is 45.8. The van der Waals surface area contributed by atoms with Gasteiger partial charge in [-0.2, -0.15) is 0 Å². The van der Waals surface area contributed by atoms with Gasteiger partial charge in [0, 0.05) is 27.8 Å². The van der Waals surface area contributed by atoms with E-state index in [1.54, 1.807) is 0 Å². The van der Waals surface area contributed by atoms with Crippen molar-refractivity contribution in [2.75, 3.05) is 4.90 Å². The van der Waals surface area contributed by atoms with E-state index in [4.69, 9.17) is 0 Å². The normalized spacial score (nSPS) is 14.8. The molecular weight excluding hydrogens is 819 g/mol. The van der Waals surface area contributed by atoms with Gasteiger partial charge in [-0.15, -0.1) is 0 Å². The summed E-state index contributed by atoms with van der Waals surface area (Å²) in [5, 5.41) is 0. The van der Waals surface area contributed by atoms with Gasteiger partial charge in [-0.3, -0.25) is 0 Å². The lowest BCUT2D eigenvalue weighted by atomic mass is 9.67. The third kappa shape index (κ3) is 5.63. The first-order valence-corrected chi connectivity index (χ1v) is 24.1. The molecule has 1 heteroatoms. The zero-order valence-corrected chi connectivity index (χ0v) is 39.0. The van der Waals surface area contributed by atoms with Crippen molar-refractivity contribution < 1.29 is 0 Å². The van der Waals surface area contributed by atoms with Gasteiger partial charge in [-0.25, -0.2) is 0 Å². The molecule has 3 aliphatic rings. The summed E-state index contributed by atoms with van der Waals surface area (Å²) < 4.78 is 0. The molecule has 10 aromatic rings. The van der Waals surface area contributed by atoms with Crippen LogP contribution in [0, 0.1) is 0 Å². The number of anilines is 3. The molecule has 68 heavy (non-hydrogen) atoms. The lowest BCUT2D eigenvalue weighted by molar-refractivity contribution is 0.653. The minimum atomic E-state index is -0.526. The van der Waals surface area contributed by atoms with Crippen molar-refractivity contribution in [3.63, 3.8) is 0 Å². The standard InChI is InChI=1S/C67H51N/c1-65(2)57-34-17-14-32-54(57)63-60(65)43-55-53-31-11-16-33-56(53)66(3,4)64(55)62(63)45-38-40-48(41-39-45)68(61-37-20-15-28-50(61)44-22-7-5-8-23-44)49-27-21-26-47(42-49)67(46-24-9-6-10-25-46)58-35-18-12-29-51(58)52-30-13-19-36-59(52)67/h5-43H,1-4H3. The number of hydrogen-bond donors (Lipinski definition) is 0. The van der Waals surface area contributed by atoms with Gasteiger partial charge in [-0.1, -0.05) is 228 Å². The number of benzene rings is 10. The number of para-hydroxylation sites is 1. The summed E-state index contributed by atoms with van der Waals surface area (Å²) >= 11 is 0. The van der Waals surface area contributed by atoms with Crippen LogP contribution in [0.4, 0.5) is 17.1 Å². The van der Waals surface area contributed by atoms with Gasteiger partial charge in [0.1, 0.15) is 0 Å². The number of nitrogens with zero attached hydrogens (tertiary/aromatic N) is 1. The predicted molar refractivity (Wildman–Crippen MR) is 284 cm³/mol. The van der Waals surface area contributed by atoms with Crippen LogP contribution in [0.3, 0.4) is 0 Å². The van der Waals surface area contributed by atoms with Gasteiger partial charge < -0.3 is 4.90 Å². The van der Waals surface area contributed by atoms with E-state index in [0.29, 0.717) is 0 Å². The summed E-state index contributed by atoms with van der Waals surface area (Å²) in [4.78, 5) is 2.49. The molecule has 0 spiro atoms. The lowest BCUT2D eigenvalue weighted by Gasteiger charge is -2.35. The molecule has 0 aromatic heterocycles. The van der Waals surface area contributed by atoms with E-state index in [0.717, 1.165) is 17.1 Å². The summed E-state index contributed by atoms with van der Waals surface area (Å²) in [5.74, 6) is 0. The molecule has 0 atom stereocenters. The average Bonchev–Trinajstić information content (AvgIpc) is 3.92. The number of fused-ring (bicyclic) bond motifs is 9. The maximum Gasteiger partial charge on any atom is 0.0714 e. The Kier molecular flexibility index (Phi) is 8.89. The van der Waals surface area contributed by atoms with Crippen molar-refractivity contribution >= 4 is 17.1 Å². The Morgan fingerprint density at radius 1 is 0.294 bits per heavy atom. The van der Waals surface area contributed by atoms with Crippen LogP contribution < -0.4 is 4.90 Å². The topological polar surface area (TPSA) is 3.24 Å². The highest BCUT2D eigenvalue weighted by Crippen LogP contribution is 2.61. The molecule has 324 valence electrons. The van der Waals surface area contributed by atoms with Crippen molar-refractivity contribution in [2.45, 2.75) is 43.9 Å². The average molecular weight is 870 g/mol. The Labute approximate surface area is 400 Å². The van der Waals surface area contributed by atoms with Crippen LogP contribution in [-0.2, 0) is 16.2 Å². The highest BCUT2D eigenvalue weighted by Gasteiger charge is 2.47. The van der Waals surface area contributed by atoms with Crippen LogP contribution in [-0.4, -0.2) is 0 Å². The maximum absolute atomic E-state index is 2.54. The largest absolute Gasteiger partial charge is 0.310 e. The summed E-state index contributed by atoms with van der Waals surface area (Å²) in [7, 11) is 0. The first kappa shape index (κ1) is 40.3. The monoisotopic (exact) mass is 869 g/mol. The summed E-state index contributed by atoms with van der Waals surface area (Å²) in [6, 6.07) is 88.5. The fourth-order valence-electron chi connectivity index (χ4n) is 12.7. The molecule has 0 fully saturated rings. The quantitative estimate of drug-likeness (QED) is 0.154. The molecule has 0 heterocycles.